The van der Waals surface area contributed by atoms with E-state index < -0.39 is 17.2 Å². The highest BCUT2D eigenvalue weighted by Crippen LogP contribution is 2.13. The highest BCUT2D eigenvalue weighted by molar-refractivity contribution is 5.92. The number of nitrogens with one attached hydrogen (secondary N) is 1. The Morgan fingerprint density at radius 3 is 2.76 bits per heavy atom. The zero-order valence-electron chi connectivity index (χ0n) is 14.6. The molecule has 1 heterocycles. The minimum Gasteiger partial charge on any atom is -0.379 e. The number of para-hydroxylation sites is 1. The number of carbonyl (C=O) groups is 1. The van der Waals surface area contributed by atoms with Gasteiger partial charge in [-0.25, -0.2) is 9.07 Å². The zero-order chi connectivity index (χ0) is 18.4. The van der Waals surface area contributed by atoms with Gasteiger partial charge in [-0.2, -0.15) is 5.10 Å². The van der Waals surface area contributed by atoms with Gasteiger partial charge in [-0.3, -0.25) is 9.59 Å². The van der Waals surface area contributed by atoms with Crippen LogP contribution >= 0.6 is 0 Å². The summed E-state index contributed by atoms with van der Waals surface area (Å²) in [6.07, 6.45) is 0.750. The van der Waals surface area contributed by atoms with Crippen LogP contribution in [0.1, 0.15) is 36.5 Å². The molecule has 0 atom stereocenters. The second kappa shape index (κ2) is 8.53. The summed E-state index contributed by atoms with van der Waals surface area (Å²) in [6.45, 7) is 6.37. The molecule has 0 fully saturated rings. The fourth-order valence-electron chi connectivity index (χ4n) is 2.25. The third-order valence-corrected chi connectivity index (χ3v) is 3.46. The minimum absolute atomic E-state index is 0.127. The van der Waals surface area contributed by atoms with Crippen LogP contribution in [0.25, 0.3) is 5.69 Å². The average molecular weight is 347 g/mol. The lowest BCUT2D eigenvalue weighted by molar-refractivity contribution is 0.0756. The maximum atomic E-state index is 14.0. The summed E-state index contributed by atoms with van der Waals surface area (Å²) < 4.78 is 20.6. The molecule has 0 saturated heterocycles. The lowest BCUT2D eigenvalue weighted by atomic mass is 10.2. The molecule has 0 aliphatic carbocycles. The lowest BCUT2D eigenvalue weighted by Crippen LogP contribution is -2.33. The predicted molar refractivity (Wildman–Crippen MR) is 92.6 cm³/mol. The van der Waals surface area contributed by atoms with Crippen LogP contribution in [0.3, 0.4) is 0 Å². The normalized spacial score (nSPS) is 10.9. The molecule has 1 aromatic heterocycles. The zero-order valence-corrected chi connectivity index (χ0v) is 14.6. The average Bonchev–Trinajstić information content (AvgIpc) is 2.55. The molecule has 2 rings (SSSR count). The quantitative estimate of drug-likeness (QED) is 0.780. The van der Waals surface area contributed by atoms with Gasteiger partial charge in [0, 0.05) is 24.9 Å². The van der Waals surface area contributed by atoms with Crippen molar-refractivity contribution in [1.29, 1.82) is 0 Å². The van der Waals surface area contributed by atoms with Gasteiger partial charge in [-0.15, -0.1) is 0 Å². The number of amides is 1. The maximum absolute atomic E-state index is 14.0. The van der Waals surface area contributed by atoms with Crippen LogP contribution in [-0.4, -0.2) is 34.9 Å². The Hall–Kier alpha value is -2.54. The van der Waals surface area contributed by atoms with E-state index in [2.05, 4.69) is 10.4 Å². The topological polar surface area (TPSA) is 73.2 Å². The van der Waals surface area contributed by atoms with E-state index in [1.807, 2.05) is 13.8 Å². The molecule has 6 nitrogen and oxygen atoms in total. The van der Waals surface area contributed by atoms with Crippen molar-refractivity contribution >= 4 is 5.91 Å². The number of hydrogen-bond acceptors (Lipinski definition) is 4. The summed E-state index contributed by atoms with van der Waals surface area (Å²) in [4.78, 5) is 24.3. The molecule has 7 heteroatoms. The molecule has 2 aromatic rings. The van der Waals surface area contributed by atoms with E-state index in [1.165, 1.54) is 22.9 Å². The van der Waals surface area contributed by atoms with Gasteiger partial charge in [-0.1, -0.05) is 12.1 Å². The third-order valence-electron chi connectivity index (χ3n) is 3.46. The van der Waals surface area contributed by atoms with Gasteiger partial charge in [0.1, 0.15) is 11.5 Å². The van der Waals surface area contributed by atoms with Crippen LogP contribution < -0.4 is 10.7 Å². The Bertz CT molecular complexity index is 802. The van der Waals surface area contributed by atoms with Crippen LogP contribution in [0.15, 0.2) is 35.1 Å². The molecule has 0 aliphatic rings. The number of aryl methyl sites for hydroxylation is 1. The minimum atomic E-state index is -0.584. The van der Waals surface area contributed by atoms with Gasteiger partial charge < -0.3 is 10.1 Å². The standard InChI is InChI=1S/C18H22FN3O3/c1-12(2)25-10-6-9-20-18(24)17-16(23)11-13(3)22(21-17)15-8-5-4-7-14(15)19/h4-5,7-8,11-12H,6,9-10H2,1-3H3,(H,20,24). The monoisotopic (exact) mass is 347 g/mol. The Morgan fingerprint density at radius 1 is 1.36 bits per heavy atom. The number of hydrogen-bond donors (Lipinski definition) is 1. The van der Waals surface area contributed by atoms with Crippen molar-refractivity contribution in [2.75, 3.05) is 13.2 Å². The Labute approximate surface area is 145 Å². The van der Waals surface area contributed by atoms with Crippen LogP contribution in [-0.2, 0) is 4.74 Å². The van der Waals surface area contributed by atoms with E-state index in [0.29, 0.717) is 25.3 Å². The molecule has 0 radical (unpaired) electrons. The molecule has 1 aromatic carbocycles. The van der Waals surface area contributed by atoms with Crippen molar-refractivity contribution in [3.05, 3.63) is 57.8 Å². The molecular weight excluding hydrogens is 325 g/mol. The highest BCUT2D eigenvalue weighted by atomic mass is 19.1. The Balaban J connectivity index is 2.16. The number of carbonyl (C=O) groups excluding carboxylic acids is 1. The van der Waals surface area contributed by atoms with Crippen molar-refractivity contribution in [2.24, 2.45) is 0 Å². The van der Waals surface area contributed by atoms with Crippen molar-refractivity contribution in [3.8, 4) is 5.69 Å². The van der Waals surface area contributed by atoms with Gasteiger partial charge in [0.25, 0.3) is 5.91 Å². The number of halogens is 1. The molecule has 0 unspecified atom stereocenters. The predicted octanol–water partition coefficient (Wildman–Crippen LogP) is 2.22. The van der Waals surface area contributed by atoms with Crippen LogP contribution in [0.2, 0.25) is 0 Å². The maximum Gasteiger partial charge on any atom is 0.275 e. The number of rotatable bonds is 7. The van der Waals surface area contributed by atoms with E-state index >= 15 is 0 Å². The van der Waals surface area contributed by atoms with Crippen molar-refractivity contribution < 1.29 is 13.9 Å². The Morgan fingerprint density at radius 2 is 2.08 bits per heavy atom. The van der Waals surface area contributed by atoms with Crippen molar-refractivity contribution in [2.45, 2.75) is 33.3 Å². The smallest absolute Gasteiger partial charge is 0.275 e. The lowest BCUT2D eigenvalue weighted by Gasteiger charge is -2.12. The third kappa shape index (κ3) is 4.96. The van der Waals surface area contributed by atoms with E-state index in [9.17, 15) is 14.0 Å². The van der Waals surface area contributed by atoms with Gasteiger partial charge in [-0.05, 0) is 39.3 Å². The number of nitrogens with zero attached hydrogens (tertiary/aromatic N) is 2. The molecule has 0 spiro atoms. The molecular formula is C18H22FN3O3. The van der Waals surface area contributed by atoms with Gasteiger partial charge in [0.2, 0.25) is 5.43 Å². The first-order chi connectivity index (χ1) is 11.9. The van der Waals surface area contributed by atoms with Crippen LogP contribution in [0, 0.1) is 12.7 Å². The fraction of sp³-hybridized carbons (Fsp3) is 0.389. The van der Waals surface area contributed by atoms with Crippen molar-refractivity contribution in [1.82, 2.24) is 15.1 Å². The second-order valence-corrected chi connectivity index (χ2v) is 5.89. The van der Waals surface area contributed by atoms with Gasteiger partial charge in [0.15, 0.2) is 5.69 Å². The molecule has 0 bridgehead atoms. The first-order valence-corrected chi connectivity index (χ1v) is 8.16. The van der Waals surface area contributed by atoms with E-state index in [-0.39, 0.29) is 17.5 Å². The fourth-order valence-corrected chi connectivity index (χ4v) is 2.25. The summed E-state index contributed by atoms with van der Waals surface area (Å²) in [5, 5.41) is 6.69. The Kier molecular flexibility index (Phi) is 6.41. The molecule has 1 amide bonds. The first kappa shape index (κ1) is 18.8. The van der Waals surface area contributed by atoms with Crippen LogP contribution in [0.4, 0.5) is 4.39 Å². The first-order valence-electron chi connectivity index (χ1n) is 8.16. The number of aromatic nitrogens is 2. The second-order valence-electron chi connectivity index (χ2n) is 5.89. The summed E-state index contributed by atoms with van der Waals surface area (Å²) in [6, 6.07) is 7.32. The van der Waals surface area contributed by atoms with Gasteiger partial charge in [0.05, 0.1) is 6.10 Å². The number of ether oxygens (including phenoxy) is 1. The van der Waals surface area contributed by atoms with Crippen molar-refractivity contribution in [3.63, 3.8) is 0 Å². The molecule has 1 N–H and O–H groups in total. The molecule has 0 saturated carbocycles. The number of benzene rings is 1. The van der Waals surface area contributed by atoms with Gasteiger partial charge >= 0.3 is 0 Å². The van der Waals surface area contributed by atoms with E-state index in [0.717, 1.165) is 0 Å². The summed E-state index contributed by atoms with van der Waals surface area (Å²) in [7, 11) is 0. The summed E-state index contributed by atoms with van der Waals surface area (Å²) >= 11 is 0. The summed E-state index contributed by atoms with van der Waals surface area (Å²) in [5.74, 6) is -1.07. The van der Waals surface area contributed by atoms with E-state index in [1.54, 1.807) is 19.1 Å². The SMILES string of the molecule is Cc1cc(=O)c(C(=O)NCCCOC(C)C)nn1-c1ccccc1F. The molecule has 0 aliphatic heterocycles. The van der Waals surface area contributed by atoms with Crippen LogP contribution in [0.5, 0.6) is 0 Å². The largest absolute Gasteiger partial charge is 0.379 e. The summed E-state index contributed by atoms with van der Waals surface area (Å²) in [5.41, 5.74) is -0.143. The molecule has 134 valence electrons. The highest BCUT2D eigenvalue weighted by Gasteiger charge is 2.16. The molecule has 25 heavy (non-hydrogen) atoms. The van der Waals surface area contributed by atoms with E-state index in [4.69, 9.17) is 4.74 Å².